The molecule has 0 saturated carbocycles. The number of para-hydroxylation sites is 1. The van der Waals surface area contributed by atoms with Crippen LogP contribution in [0.5, 0.6) is 0 Å². The maximum atomic E-state index is 13.1. The summed E-state index contributed by atoms with van der Waals surface area (Å²) in [4.78, 5) is 41.4. The van der Waals surface area contributed by atoms with Gasteiger partial charge in [0, 0.05) is 13.5 Å². The predicted octanol–water partition coefficient (Wildman–Crippen LogP) is 0.739. The highest BCUT2D eigenvalue weighted by molar-refractivity contribution is 6.11. The minimum Gasteiger partial charge on any atom is -0.347 e. The minimum atomic E-state index is -0.846. The zero-order valence-electron chi connectivity index (χ0n) is 16.1. The summed E-state index contributed by atoms with van der Waals surface area (Å²) in [5.74, 6) is 0.787. The third-order valence-electron chi connectivity index (χ3n) is 5.67. The van der Waals surface area contributed by atoms with E-state index in [1.807, 2.05) is 27.0 Å². The van der Waals surface area contributed by atoms with Crippen molar-refractivity contribution in [1.82, 2.24) is 25.0 Å². The second-order valence-corrected chi connectivity index (χ2v) is 7.35. The van der Waals surface area contributed by atoms with Crippen molar-refractivity contribution in [3.63, 3.8) is 0 Å². The summed E-state index contributed by atoms with van der Waals surface area (Å²) >= 11 is 0. The van der Waals surface area contributed by atoms with Gasteiger partial charge in [-0.15, -0.1) is 10.2 Å². The van der Waals surface area contributed by atoms with Crippen LogP contribution in [0.4, 0.5) is 5.69 Å². The molecule has 2 aliphatic heterocycles. The molecule has 1 saturated heterocycles. The summed E-state index contributed by atoms with van der Waals surface area (Å²) in [5.41, 5.74) is 0.206. The Kier molecular flexibility index (Phi) is 4.17. The third kappa shape index (κ3) is 2.65. The van der Waals surface area contributed by atoms with Gasteiger partial charge in [-0.2, -0.15) is 0 Å². The Labute approximate surface area is 162 Å². The average Bonchev–Trinajstić information content (AvgIpc) is 3.17. The van der Waals surface area contributed by atoms with Crippen LogP contribution in [0.3, 0.4) is 0 Å². The lowest BCUT2D eigenvalue weighted by Crippen LogP contribution is -2.63. The van der Waals surface area contributed by atoms with Crippen molar-refractivity contribution in [3.8, 4) is 0 Å². The second kappa shape index (κ2) is 6.43. The minimum absolute atomic E-state index is 0.0394. The lowest BCUT2D eigenvalue weighted by molar-refractivity contribution is -0.124. The molecule has 0 aliphatic carbocycles. The number of aryl methyl sites for hydroxylation is 1. The molecule has 28 heavy (non-hydrogen) atoms. The van der Waals surface area contributed by atoms with Crippen LogP contribution in [0.1, 0.15) is 41.8 Å². The first-order valence-corrected chi connectivity index (χ1v) is 9.18. The van der Waals surface area contributed by atoms with Crippen LogP contribution in [-0.2, 0) is 23.2 Å². The number of carbonyl (C=O) groups excluding carboxylic acids is 3. The highest BCUT2D eigenvalue weighted by Gasteiger charge is 2.53. The van der Waals surface area contributed by atoms with Crippen LogP contribution in [0, 0.1) is 6.92 Å². The molecule has 3 heterocycles. The number of aromatic nitrogens is 3. The molecule has 1 atom stereocenters. The van der Waals surface area contributed by atoms with Gasteiger partial charge in [0.05, 0.1) is 17.8 Å². The van der Waals surface area contributed by atoms with E-state index in [4.69, 9.17) is 0 Å². The number of hydrogen-bond acceptors (Lipinski definition) is 5. The van der Waals surface area contributed by atoms with Crippen LogP contribution in [0.15, 0.2) is 24.3 Å². The standard InChI is InChI=1S/C19H22N6O3/c1-12-21-22-15(23(12)3)10-20-16(26)11-24-18(28)13-6-4-5-7-14(13)25-17(27)8-9-19(24,25)2/h4-7H,8-11H2,1-3H3,(H,20,26)/t19-/m0/s1. The lowest BCUT2D eigenvalue weighted by atomic mass is 9.98. The molecule has 2 aliphatic rings. The van der Waals surface area contributed by atoms with Crippen molar-refractivity contribution in [2.24, 2.45) is 7.05 Å². The maximum absolute atomic E-state index is 13.1. The fourth-order valence-corrected chi connectivity index (χ4v) is 3.92. The van der Waals surface area contributed by atoms with E-state index in [0.29, 0.717) is 29.9 Å². The Morgan fingerprint density at radius 3 is 2.71 bits per heavy atom. The first-order valence-electron chi connectivity index (χ1n) is 9.18. The van der Waals surface area contributed by atoms with Gasteiger partial charge in [0.1, 0.15) is 18.0 Å². The van der Waals surface area contributed by atoms with Crippen molar-refractivity contribution in [3.05, 3.63) is 41.5 Å². The van der Waals surface area contributed by atoms with Crippen LogP contribution < -0.4 is 10.2 Å². The molecular formula is C19H22N6O3. The van der Waals surface area contributed by atoms with Gasteiger partial charge in [0.15, 0.2) is 5.82 Å². The molecule has 2 aromatic rings. The third-order valence-corrected chi connectivity index (χ3v) is 5.67. The van der Waals surface area contributed by atoms with E-state index in [9.17, 15) is 14.4 Å². The fourth-order valence-electron chi connectivity index (χ4n) is 3.92. The van der Waals surface area contributed by atoms with Gasteiger partial charge in [-0.25, -0.2) is 0 Å². The summed E-state index contributed by atoms with van der Waals surface area (Å²) in [6.07, 6.45) is 0.829. The Morgan fingerprint density at radius 1 is 1.25 bits per heavy atom. The Bertz CT molecular complexity index is 984. The van der Waals surface area contributed by atoms with Gasteiger partial charge in [-0.05, 0) is 32.4 Å². The number of rotatable bonds is 4. The molecule has 0 radical (unpaired) electrons. The second-order valence-electron chi connectivity index (χ2n) is 7.35. The summed E-state index contributed by atoms with van der Waals surface area (Å²) in [5, 5.41) is 10.8. The van der Waals surface area contributed by atoms with Crippen molar-refractivity contribution >= 4 is 23.4 Å². The summed E-state index contributed by atoms with van der Waals surface area (Å²) in [6, 6.07) is 7.04. The highest BCUT2D eigenvalue weighted by atomic mass is 16.2. The van der Waals surface area contributed by atoms with E-state index >= 15 is 0 Å². The predicted molar refractivity (Wildman–Crippen MR) is 100 cm³/mol. The molecule has 9 heteroatoms. The van der Waals surface area contributed by atoms with E-state index in [2.05, 4.69) is 15.5 Å². The van der Waals surface area contributed by atoms with Crippen molar-refractivity contribution in [2.45, 2.75) is 38.9 Å². The van der Waals surface area contributed by atoms with Crippen molar-refractivity contribution in [1.29, 1.82) is 0 Å². The van der Waals surface area contributed by atoms with E-state index in [-0.39, 0.29) is 30.8 Å². The molecule has 3 amide bonds. The molecule has 0 bridgehead atoms. The molecule has 9 nitrogen and oxygen atoms in total. The number of nitrogens with zero attached hydrogens (tertiary/aromatic N) is 5. The van der Waals surface area contributed by atoms with E-state index < -0.39 is 5.66 Å². The molecule has 1 aromatic heterocycles. The Morgan fingerprint density at radius 2 is 2.00 bits per heavy atom. The van der Waals surface area contributed by atoms with Crippen LogP contribution in [0.25, 0.3) is 0 Å². The summed E-state index contributed by atoms with van der Waals surface area (Å²) in [6.45, 7) is 3.75. The zero-order valence-corrected chi connectivity index (χ0v) is 16.1. The Balaban J connectivity index is 1.57. The van der Waals surface area contributed by atoms with Gasteiger partial charge in [0.25, 0.3) is 5.91 Å². The quantitative estimate of drug-likeness (QED) is 0.841. The SMILES string of the molecule is Cc1nnc(CNC(=O)CN2C(=O)c3ccccc3N3C(=O)CC[C@@]23C)n1C. The van der Waals surface area contributed by atoms with Gasteiger partial charge in [-0.1, -0.05) is 12.1 Å². The largest absolute Gasteiger partial charge is 0.347 e. The number of fused-ring (bicyclic) bond motifs is 3. The lowest BCUT2D eigenvalue weighted by Gasteiger charge is -2.48. The van der Waals surface area contributed by atoms with Crippen LogP contribution in [0.2, 0.25) is 0 Å². The summed E-state index contributed by atoms with van der Waals surface area (Å²) < 4.78 is 1.79. The van der Waals surface area contributed by atoms with Crippen LogP contribution >= 0.6 is 0 Å². The molecule has 0 unspecified atom stereocenters. The Hall–Kier alpha value is -3.23. The monoisotopic (exact) mass is 382 g/mol. The topological polar surface area (TPSA) is 100 Å². The smallest absolute Gasteiger partial charge is 0.258 e. The van der Waals surface area contributed by atoms with Crippen molar-refractivity contribution in [2.75, 3.05) is 11.4 Å². The molecule has 1 aromatic carbocycles. The van der Waals surface area contributed by atoms with E-state index in [1.54, 1.807) is 27.7 Å². The molecule has 0 spiro atoms. The van der Waals surface area contributed by atoms with Gasteiger partial charge in [-0.3, -0.25) is 19.3 Å². The molecule has 1 fully saturated rings. The van der Waals surface area contributed by atoms with Crippen LogP contribution in [-0.4, -0.2) is 49.6 Å². The zero-order chi connectivity index (χ0) is 20.1. The number of carbonyl (C=O) groups is 3. The number of nitrogens with one attached hydrogen (secondary N) is 1. The first-order chi connectivity index (χ1) is 13.3. The number of hydrogen-bond donors (Lipinski definition) is 1. The molecule has 4 rings (SSSR count). The number of amides is 3. The molecule has 1 N–H and O–H groups in total. The first kappa shape index (κ1) is 18.1. The normalized spacial score (nSPS) is 21.0. The highest BCUT2D eigenvalue weighted by Crippen LogP contribution is 2.43. The van der Waals surface area contributed by atoms with E-state index in [1.165, 1.54) is 4.90 Å². The average molecular weight is 382 g/mol. The fraction of sp³-hybridized carbons (Fsp3) is 0.421. The maximum Gasteiger partial charge on any atom is 0.258 e. The molecular weight excluding hydrogens is 360 g/mol. The molecule has 146 valence electrons. The van der Waals surface area contributed by atoms with Gasteiger partial charge in [0.2, 0.25) is 11.8 Å². The number of benzene rings is 1. The van der Waals surface area contributed by atoms with E-state index in [0.717, 1.165) is 5.82 Å². The summed E-state index contributed by atoms with van der Waals surface area (Å²) in [7, 11) is 1.82. The van der Waals surface area contributed by atoms with Gasteiger partial charge >= 0.3 is 0 Å². The van der Waals surface area contributed by atoms with Gasteiger partial charge < -0.3 is 14.8 Å². The van der Waals surface area contributed by atoms with Crippen molar-refractivity contribution < 1.29 is 14.4 Å². The number of anilines is 1.